The molecule has 3 N–H and O–H groups in total. The van der Waals surface area contributed by atoms with Gasteiger partial charge in [0.2, 0.25) is 5.89 Å². The van der Waals surface area contributed by atoms with Gasteiger partial charge in [-0.05, 0) is 35.5 Å². The number of fused-ring (bicyclic) bond motifs is 3. The SMILES string of the molecule is COc1ccc(C23Oc4cc(OC)cc(OC)c4C2(O)C(O)C(c2n[nH]c(=S)o2)C3c2ccccc2)cc1. The van der Waals surface area contributed by atoms with Crippen LogP contribution in [0.1, 0.15) is 34.4 Å². The maximum absolute atomic E-state index is 12.9. The number of hydrogen-bond acceptors (Lipinski definition) is 9. The lowest BCUT2D eigenvalue weighted by Crippen LogP contribution is -2.52. The van der Waals surface area contributed by atoms with E-state index in [1.807, 2.05) is 42.5 Å². The third kappa shape index (κ3) is 3.17. The van der Waals surface area contributed by atoms with E-state index in [0.29, 0.717) is 34.1 Å². The summed E-state index contributed by atoms with van der Waals surface area (Å²) >= 11 is 5.16. The zero-order chi connectivity index (χ0) is 26.7. The topological polar surface area (TPSA) is 119 Å². The minimum atomic E-state index is -2.00. The first kappa shape index (κ1) is 24.5. The van der Waals surface area contributed by atoms with Crippen LogP contribution in [-0.2, 0) is 11.2 Å². The number of methoxy groups -OCH3 is 3. The van der Waals surface area contributed by atoms with Crippen molar-refractivity contribution in [3.8, 4) is 23.0 Å². The molecule has 9 nitrogen and oxygen atoms in total. The Morgan fingerprint density at radius 1 is 0.947 bits per heavy atom. The zero-order valence-corrected chi connectivity index (χ0v) is 21.7. The Hall–Kier alpha value is -3.86. The summed E-state index contributed by atoms with van der Waals surface area (Å²) in [6, 6.07) is 20.1. The van der Waals surface area contributed by atoms with E-state index in [0.717, 1.165) is 5.56 Å². The molecule has 0 amide bonds. The third-order valence-corrected chi connectivity index (χ3v) is 7.87. The molecule has 1 fully saturated rings. The van der Waals surface area contributed by atoms with Gasteiger partial charge >= 0.3 is 0 Å². The molecule has 1 saturated carbocycles. The van der Waals surface area contributed by atoms with Gasteiger partial charge < -0.3 is 33.6 Å². The van der Waals surface area contributed by atoms with Crippen LogP contribution in [0.25, 0.3) is 0 Å². The van der Waals surface area contributed by atoms with Crippen LogP contribution >= 0.6 is 12.2 Å². The fraction of sp³-hybridized carbons (Fsp3) is 0.286. The fourth-order valence-corrected chi connectivity index (χ4v) is 6.29. The molecule has 0 radical (unpaired) electrons. The minimum absolute atomic E-state index is 0.0604. The summed E-state index contributed by atoms with van der Waals surface area (Å²) in [6.45, 7) is 0. The second-order valence-corrected chi connectivity index (χ2v) is 9.72. The summed E-state index contributed by atoms with van der Waals surface area (Å²) in [5, 5.41) is 32.0. The molecule has 5 unspecified atom stereocenters. The molecule has 2 heterocycles. The van der Waals surface area contributed by atoms with Gasteiger partial charge in [-0.15, -0.1) is 5.10 Å². The van der Waals surface area contributed by atoms with Crippen LogP contribution < -0.4 is 18.9 Å². The lowest BCUT2D eigenvalue weighted by atomic mass is 9.70. The minimum Gasteiger partial charge on any atom is -0.497 e. The number of aliphatic hydroxyl groups excluding tert-OH is 1. The summed E-state index contributed by atoms with van der Waals surface area (Å²) in [6.07, 6.45) is -1.44. The molecule has 0 spiro atoms. The van der Waals surface area contributed by atoms with Gasteiger partial charge in [-0.3, -0.25) is 0 Å². The molecule has 3 aromatic carbocycles. The number of rotatable bonds is 6. The zero-order valence-electron chi connectivity index (χ0n) is 20.9. The van der Waals surface area contributed by atoms with Gasteiger partial charge in [-0.2, -0.15) is 0 Å². The number of nitrogens with zero attached hydrogens (tertiary/aromatic N) is 1. The first-order valence-corrected chi connectivity index (χ1v) is 12.4. The first-order valence-electron chi connectivity index (χ1n) is 12.0. The van der Waals surface area contributed by atoms with Gasteiger partial charge in [0.05, 0.1) is 32.8 Å². The summed E-state index contributed by atoms with van der Waals surface area (Å²) in [5.74, 6) is 0.388. The molecular weight excluding hydrogens is 508 g/mol. The Balaban J connectivity index is 1.72. The number of benzene rings is 3. The number of aliphatic hydroxyl groups is 2. The van der Waals surface area contributed by atoms with Crippen LogP contribution in [0, 0.1) is 4.84 Å². The molecule has 1 aliphatic carbocycles. The van der Waals surface area contributed by atoms with E-state index in [2.05, 4.69) is 10.2 Å². The number of aromatic nitrogens is 2. The summed E-state index contributed by atoms with van der Waals surface area (Å²) in [4.78, 5) is 0.0604. The molecule has 5 atom stereocenters. The summed E-state index contributed by atoms with van der Waals surface area (Å²) in [5.41, 5.74) is -1.83. The van der Waals surface area contributed by atoms with Crippen LogP contribution in [0.3, 0.4) is 0 Å². The van der Waals surface area contributed by atoms with E-state index in [4.69, 9.17) is 35.6 Å². The average Bonchev–Trinajstić information content (AvgIpc) is 3.55. The smallest absolute Gasteiger partial charge is 0.284 e. The van der Waals surface area contributed by atoms with Crippen molar-refractivity contribution in [3.63, 3.8) is 0 Å². The van der Waals surface area contributed by atoms with Crippen molar-refractivity contribution < 1.29 is 33.6 Å². The van der Waals surface area contributed by atoms with Crippen molar-refractivity contribution in [2.45, 2.75) is 29.1 Å². The predicted molar refractivity (Wildman–Crippen MR) is 138 cm³/mol. The normalized spacial score (nSPS) is 27.3. The molecule has 1 aliphatic heterocycles. The van der Waals surface area contributed by atoms with E-state index in [1.54, 1.807) is 31.4 Å². The fourth-order valence-electron chi connectivity index (χ4n) is 6.16. The average molecular weight is 535 g/mol. The Morgan fingerprint density at radius 2 is 1.66 bits per heavy atom. The Kier molecular flexibility index (Phi) is 5.71. The Labute approximate surface area is 223 Å². The molecule has 10 heteroatoms. The van der Waals surface area contributed by atoms with E-state index < -0.39 is 29.1 Å². The van der Waals surface area contributed by atoms with E-state index in [-0.39, 0.29) is 10.7 Å². The Bertz CT molecular complexity index is 1540. The molecule has 1 aromatic heterocycles. The van der Waals surface area contributed by atoms with Gasteiger partial charge in [0.15, 0.2) is 11.2 Å². The molecular formula is C28H26N2O7S. The maximum Gasteiger partial charge on any atom is 0.284 e. The molecule has 4 aromatic rings. The second-order valence-electron chi connectivity index (χ2n) is 9.35. The highest BCUT2D eigenvalue weighted by molar-refractivity contribution is 7.71. The number of H-pyrrole nitrogens is 1. The second kappa shape index (κ2) is 8.87. The molecule has 0 bridgehead atoms. The van der Waals surface area contributed by atoms with Gasteiger partial charge in [0.1, 0.15) is 29.1 Å². The largest absolute Gasteiger partial charge is 0.497 e. The van der Waals surface area contributed by atoms with Gasteiger partial charge in [-0.25, -0.2) is 5.10 Å². The number of aromatic amines is 1. The highest BCUT2D eigenvalue weighted by Gasteiger charge is 2.78. The van der Waals surface area contributed by atoms with Crippen molar-refractivity contribution in [2.75, 3.05) is 21.3 Å². The van der Waals surface area contributed by atoms with E-state index >= 15 is 0 Å². The number of ether oxygens (including phenoxy) is 4. The van der Waals surface area contributed by atoms with Crippen molar-refractivity contribution in [2.24, 2.45) is 0 Å². The van der Waals surface area contributed by atoms with Crippen LogP contribution in [0.4, 0.5) is 0 Å². The number of nitrogens with one attached hydrogen (secondary N) is 1. The molecule has 6 rings (SSSR count). The lowest BCUT2D eigenvalue weighted by Gasteiger charge is -2.40. The standard InChI is InChI=1S/C28H26N2O7S/c1-33-17-11-9-16(10-12-17)28-22(15-7-5-4-6-8-15)21(25-29-30-26(38)36-25)24(31)27(28,32)23-19(35-3)13-18(34-2)14-20(23)37-28/h4-14,21-22,24,31-32H,1-3H3,(H,30,38). The number of hydrogen-bond donors (Lipinski definition) is 3. The van der Waals surface area contributed by atoms with Gasteiger partial charge in [0, 0.05) is 18.1 Å². The maximum atomic E-state index is 12.9. The van der Waals surface area contributed by atoms with Gasteiger partial charge in [0.25, 0.3) is 4.84 Å². The van der Waals surface area contributed by atoms with Crippen LogP contribution in [0.5, 0.6) is 23.0 Å². The van der Waals surface area contributed by atoms with Crippen LogP contribution in [0.15, 0.2) is 71.1 Å². The monoisotopic (exact) mass is 534 g/mol. The molecule has 196 valence electrons. The quantitative estimate of drug-likeness (QED) is 0.313. The third-order valence-electron chi connectivity index (χ3n) is 7.70. The van der Waals surface area contributed by atoms with Crippen molar-refractivity contribution in [1.29, 1.82) is 0 Å². The van der Waals surface area contributed by atoms with Crippen LogP contribution in [-0.4, -0.2) is 47.8 Å². The summed E-state index contributed by atoms with van der Waals surface area (Å²) < 4.78 is 29.2. The summed E-state index contributed by atoms with van der Waals surface area (Å²) in [7, 11) is 4.61. The lowest BCUT2D eigenvalue weighted by molar-refractivity contribution is -0.151. The first-order chi connectivity index (χ1) is 18.4. The molecule has 2 aliphatic rings. The van der Waals surface area contributed by atoms with Crippen molar-refractivity contribution in [1.82, 2.24) is 10.2 Å². The van der Waals surface area contributed by atoms with E-state index in [9.17, 15) is 10.2 Å². The predicted octanol–water partition coefficient (Wildman–Crippen LogP) is 4.18. The van der Waals surface area contributed by atoms with Crippen molar-refractivity contribution in [3.05, 3.63) is 94.1 Å². The highest BCUT2D eigenvalue weighted by atomic mass is 32.1. The Morgan fingerprint density at radius 3 is 2.26 bits per heavy atom. The molecule has 0 saturated heterocycles. The van der Waals surface area contributed by atoms with Crippen LogP contribution in [0.2, 0.25) is 0 Å². The molecule has 38 heavy (non-hydrogen) atoms. The van der Waals surface area contributed by atoms with Crippen molar-refractivity contribution >= 4 is 12.2 Å². The van der Waals surface area contributed by atoms with E-state index in [1.165, 1.54) is 14.2 Å². The van der Waals surface area contributed by atoms with Gasteiger partial charge in [-0.1, -0.05) is 42.5 Å². The highest BCUT2D eigenvalue weighted by Crippen LogP contribution is 2.71.